The summed E-state index contributed by atoms with van der Waals surface area (Å²) in [5.74, 6) is -0.798. The number of aliphatic hydroxyl groups excluding tert-OH is 2. The van der Waals surface area contributed by atoms with Crippen molar-refractivity contribution in [2.24, 2.45) is 0 Å². The summed E-state index contributed by atoms with van der Waals surface area (Å²) in [5, 5.41) is 17.9. The van der Waals surface area contributed by atoms with E-state index in [2.05, 4.69) is 0 Å². The summed E-state index contributed by atoms with van der Waals surface area (Å²) in [6.45, 7) is 2.76. The SMILES string of the molecule is CC(=O)CC(=O)C(O)CC(C)O. The Bertz CT molecular complexity index is 174. The molecule has 0 saturated carbocycles. The molecule has 0 rings (SSSR count). The molecular weight excluding hydrogens is 160 g/mol. The summed E-state index contributed by atoms with van der Waals surface area (Å²) < 4.78 is 0. The van der Waals surface area contributed by atoms with Crippen LogP contribution in [0.1, 0.15) is 26.7 Å². The third kappa shape index (κ3) is 4.98. The van der Waals surface area contributed by atoms with E-state index in [0.717, 1.165) is 0 Å². The van der Waals surface area contributed by atoms with Crippen molar-refractivity contribution >= 4 is 11.6 Å². The van der Waals surface area contributed by atoms with Gasteiger partial charge in [0, 0.05) is 6.42 Å². The van der Waals surface area contributed by atoms with Crippen LogP contribution in [0.25, 0.3) is 0 Å². The smallest absolute Gasteiger partial charge is 0.168 e. The highest BCUT2D eigenvalue weighted by molar-refractivity contribution is 5.99. The monoisotopic (exact) mass is 174 g/mol. The van der Waals surface area contributed by atoms with E-state index in [-0.39, 0.29) is 18.6 Å². The highest BCUT2D eigenvalue weighted by Crippen LogP contribution is 2.01. The Labute approximate surface area is 71.2 Å². The van der Waals surface area contributed by atoms with Gasteiger partial charge in [0.2, 0.25) is 0 Å². The normalized spacial score (nSPS) is 15.3. The maximum atomic E-state index is 10.9. The van der Waals surface area contributed by atoms with E-state index in [9.17, 15) is 9.59 Å². The fourth-order valence-corrected chi connectivity index (χ4v) is 0.818. The van der Waals surface area contributed by atoms with Crippen LogP contribution in [0, 0.1) is 0 Å². The van der Waals surface area contributed by atoms with Crippen LogP contribution in [0.5, 0.6) is 0 Å². The molecule has 0 heterocycles. The van der Waals surface area contributed by atoms with Crippen molar-refractivity contribution in [3.8, 4) is 0 Å². The number of carbonyl (C=O) groups excluding carboxylic acids is 2. The van der Waals surface area contributed by atoms with Crippen LogP contribution in [0.3, 0.4) is 0 Å². The van der Waals surface area contributed by atoms with E-state index < -0.39 is 18.0 Å². The standard InChI is InChI=1S/C8H14O4/c1-5(9)3-7(11)8(12)4-6(2)10/h5,7,9,11H,3-4H2,1-2H3. The van der Waals surface area contributed by atoms with Crippen molar-refractivity contribution in [2.75, 3.05) is 0 Å². The topological polar surface area (TPSA) is 74.6 Å². The number of Topliss-reactive ketones (excluding diaryl/α,β-unsaturated/α-hetero) is 2. The van der Waals surface area contributed by atoms with E-state index in [0.29, 0.717) is 0 Å². The molecule has 0 aromatic heterocycles. The Balaban J connectivity index is 3.85. The second kappa shape index (κ2) is 5.00. The summed E-state index contributed by atoms with van der Waals surface area (Å²) in [7, 11) is 0. The molecule has 0 amide bonds. The summed E-state index contributed by atoms with van der Waals surface area (Å²) in [5.41, 5.74) is 0. The molecule has 0 aliphatic heterocycles. The third-order valence-corrected chi connectivity index (χ3v) is 1.36. The van der Waals surface area contributed by atoms with Crippen molar-refractivity contribution < 1.29 is 19.8 Å². The lowest BCUT2D eigenvalue weighted by Gasteiger charge is -2.09. The van der Waals surface area contributed by atoms with Crippen LogP contribution >= 0.6 is 0 Å². The number of carbonyl (C=O) groups is 2. The van der Waals surface area contributed by atoms with Crippen molar-refractivity contribution in [3.05, 3.63) is 0 Å². The minimum atomic E-state index is -1.21. The molecule has 12 heavy (non-hydrogen) atoms. The molecule has 4 nitrogen and oxygen atoms in total. The number of rotatable bonds is 5. The molecule has 2 unspecified atom stereocenters. The van der Waals surface area contributed by atoms with E-state index in [1.54, 1.807) is 0 Å². The molecule has 0 aliphatic carbocycles. The second-order valence-electron chi connectivity index (χ2n) is 2.95. The van der Waals surface area contributed by atoms with Gasteiger partial charge in [-0.1, -0.05) is 0 Å². The molecule has 70 valence electrons. The minimum absolute atomic E-state index is 0.00782. The van der Waals surface area contributed by atoms with E-state index in [4.69, 9.17) is 10.2 Å². The van der Waals surface area contributed by atoms with Gasteiger partial charge in [-0.05, 0) is 13.8 Å². The molecule has 0 spiro atoms. The van der Waals surface area contributed by atoms with E-state index in [1.807, 2.05) is 0 Å². The van der Waals surface area contributed by atoms with Gasteiger partial charge >= 0.3 is 0 Å². The molecule has 0 aliphatic rings. The Morgan fingerprint density at radius 1 is 1.33 bits per heavy atom. The van der Waals surface area contributed by atoms with Crippen molar-refractivity contribution in [1.29, 1.82) is 0 Å². The van der Waals surface area contributed by atoms with Gasteiger partial charge in [0.1, 0.15) is 11.9 Å². The van der Waals surface area contributed by atoms with Crippen LogP contribution in [-0.4, -0.2) is 34.0 Å². The predicted molar refractivity (Wildman–Crippen MR) is 42.6 cm³/mol. The largest absolute Gasteiger partial charge is 0.393 e. The Morgan fingerprint density at radius 3 is 2.17 bits per heavy atom. The van der Waals surface area contributed by atoms with Crippen LogP contribution in [0.15, 0.2) is 0 Å². The summed E-state index contributed by atoms with van der Waals surface area (Å²) in [6, 6.07) is 0. The first-order chi connectivity index (χ1) is 5.43. The van der Waals surface area contributed by atoms with Crippen molar-refractivity contribution in [2.45, 2.75) is 38.9 Å². The highest BCUT2D eigenvalue weighted by atomic mass is 16.3. The third-order valence-electron chi connectivity index (χ3n) is 1.36. The summed E-state index contributed by atoms with van der Waals surface area (Å²) in [6.07, 6.45) is -2.20. The number of hydrogen-bond donors (Lipinski definition) is 2. The molecule has 4 heteroatoms. The van der Waals surface area contributed by atoms with Gasteiger partial charge in [0.15, 0.2) is 5.78 Å². The highest BCUT2D eigenvalue weighted by Gasteiger charge is 2.17. The first kappa shape index (κ1) is 11.3. The van der Waals surface area contributed by atoms with Gasteiger partial charge in [0.25, 0.3) is 0 Å². The zero-order valence-electron chi connectivity index (χ0n) is 7.28. The first-order valence-electron chi connectivity index (χ1n) is 3.81. The lowest BCUT2D eigenvalue weighted by Crippen LogP contribution is -2.26. The molecule has 0 saturated heterocycles. The Kier molecular flexibility index (Phi) is 4.70. The van der Waals surface area contributed by atoms with Gasteiger partial charge in [0.05, 0.1) is 12.5 Å². The molecular formula is C8H14O4. The molecule has 0 bridgehead atoms. The fourth-order valence-electron chi connectivity index (χ4n) is 0.818. The lowest BCUT2D eigenvalue weighted by molar-refractivity contribution is -0.132. The minimum Gasteiger partial charge on any atom is -0.393 e. The van der Waals surface area contributed by atoms with Crippen molar-refractivity contribution in [3.63, 3.8) is 0 Å². The molecule has 0 aromatic carbocycles. The molecule has 2 atom stereocenters. The van der Waals surface area contributed by atoms with Crippen LogP contribution < -0.4 is 0 Å². The maximum Gasteiger partial charge on any atom is 0.168 e. The van der Waals surface area contributed by atoms with Crippen LogP contribution in [0.2, 0.25) is 0 Å². The number of ketones is 2. The average molecular weight is 174 g/mol. The predicted octanol–water partition coefficient (Wildman–Crippen LogP) is -0.334. The Hall–Kier alpha value is -0.740. The van der Waals surface area contributed by atoms with Crippen LogP contribution in [0.4, 0.5) is 0 Å². The summed E-state index contributed by atoms with van der Waals surface area (Å²) >= 11 is 0. The molecule has 2 N–H and O–H groups in total. The number of hydrogen-bond acceptors (Lipinski definition) is 4. The molecule has 0 fully saturated rings. The quantitative estimate of drug-likeness (QED) is 0.559. The summed E-state index contributed by atoms with van der Waals surface area (Å²) in [4.78, 5) is 21.4. The first-order valence-corrected chi connectivity index (χ1v) is 3.81. The van der Waals surface area contributed by atoms with Gasteiger partial charge in [-0.15, -0.1) is 0 Å². The van der Waals surface area contributed by atoms with E-state index in [1.165, 1.54) is 13.8 Å². The average Bonchev–Trinajstić information content (AvgIpc) is 1.84. The lowest BCUT2D eigenvalue weighted by atomic mass is 10.1. The molecule has 0 aromatic rings. The second-order valence-corrected chi connectivity index (χ2v) is 2.95. The van der Waals surface area contributed by atoms with Gasteiger partial charge < -0.3 is 10.2 Å². The van der Waals surface area contributed by atoms with Crippen molar-refractivity contribution in [1.82, 2.24) is 0 Å². The van der Waals surface area contributed by atoms with Gasteiger partial charge in [-0.3, -0.25) is 9.59 Å². The fraction of sp³-hybridized carbons (Fsp3) is 0.750. The maximum absolute atomic E-state index is 10.9. The zero-order chi connectivity index (χ0) is 9.72. The van der Waals surface area contributed by atoms with Crippen LogP contribution in [-0.2, 0) is 9.59 Å². The molecule has 0 radical (unpaired) electrons. The zero-order valence-corrected chi connectivity index (χ0v) is 7.28. The number of aliphatic hydroxyl groups is 2. The Morgan fingerprint density at radius 2 is 1.83 bits per heavy atom. The van der Waals surface area contributed by atoms with E-state index >= 15 is 0 Å². The van der Waals surface area contributed by atoms with Gasteiger partial charge in [-0.2, -0.15) is 0 Å². The van der Waals surface area contributed by atoms with Gasteiger partial charge in [-0.25, -0.2) is 0 Å².